The summed E-state index contributed by atoms with van der Waals surface area (Å²) in [5.41, 5.74) is 1.40. The van der Waals surface area contributed by atoms with E-state index in [1.165, 1.54) is 22.7 Å². The lowest BCUT2D eigenvalue weighted by molar-refractivity contribution is -0.139. The molecule has 0 saturated carbocycles. The third-order valence-corrected chi connectivity index (χ3v) is 5.50. The van der Waals surface area contributed by atoms with E-state index in [0.717, 1.165) is 0 Å². The minimum absolute atomic E-state index is 0.0109. The summed E-state index contributed by atoms with van der Waals surface area (Å²) in [6, 6.07) is 6.21. The second kappa shape index (κ2) is 9.20. The van der Waals surface area contributed by atoms with Crippen molar-refractivity contribution in [2.75, 3.05) is 0 Å². The Morgan fingerprint density at radius 2 is 1.90 bits per heavy atom. The highest BCUT2D eigenvalue weighted by Crippen LogP contribution is 2.26. The maximum absolute atomic E-state index is 11.9. The van der Waals surface area contributed by atoms with Gasteiger partial charge in [-0.05, 0) is 32.9 Å². The van der Waals surface area contributed by atoms with Crippen LogP contribution in [0.15, 0.2) is 29.0 Å². The normalized spacial score (nSPS) is 12.1. The molecular weight excluding hydrogens is 438 g/mol. The Bertz CT molecular complexity index is 1140. The summed E-state index contributed by atoms with van der Waals surface area (Å²) in [5, 5.41) is 25.4. The molecule has 0 bridgehead atoms. The fourth-order valence-electron chi connectivity index (χ4n) is 2.49. The number of rotatable bonds is 6. The van der Waals surface area contributed by atoms with Gasteiger partial charge in [0.2, 0.25) is 0 Å². The molecule has 3 rings (SSSR count). The summed E-state index contributed by atoms with van der Waals surface area (Å²) in [7, 11) is 0. The zero-order valence-electron chi connectivity index (χ0n) is 16.9. The second-order valence-corrected chi connectivity index (χ2v) is 9.23. The van der Waals surface area contributed by atoms with Crippen LogP contribution in [0.2, 0.25) is 0 Å². The van der Waals surface area contributed by atoms with Crippen LogP contribution in [0.4, 0.5) is 4.79 Å². The van der Waals surface area contributed by atoms with E-state index in [1.807, 2.05) is 12.1 Å². The Morgan fingerprint density at radius 3 is 2.55 bits per heavy atom. The van der Waals surface area contributed by atoms with Crippen LogP contribution in [-0.4, -0.2) is 43.8 Å². The van der Waals surface area contributed by atoms with Crippen molar-refractivity contribution in [2.45, 2.75) is 38.8 Å². The number of aliphatic carboxylic acids is 1. The minimum Gasteiger partial charge on any atom is -0.480 e. The molecule has 31 heavy (non-hydrogen) atoms. The van der Waals surface area contributed by atoms with E-state index in [4.69, 9.17) is 10.00 Å². The summed E-state index contributed by atoms with van der Waals surface area (Å²) in [6.45, 7) is 5.09. The summed E-state index contributed by atoms with van der Waals surface area (Å²) in [4.78, 5) is 36.7. The zero-order valence-corrected chi connectivity index (χ0v) is 18.6. The third kappa shape index (κ3) is 6.07. The molecule has 0 fully saturated rings. The first kappa shape index (κ1) is 22.3. The maximum Gasteiger partial charge on any atom is 0.408 e. The number of hydrogen-bond donors (Lipinski definition) is 2. The SMILES string of the molecule is CC(C)(C)OC(=O)N[C@@H](Cc1nc(-c2cccc(-c3nc(C#N)cs3)n2)cs1)C(=O)O. The molecule has 0 saturated heterocycles. The molecule has 2 N–H and O–H groups in total. The summed E-state index contributed by atoms with van der Waals surface area (Å²) in [5.74, 6) is -1.18. The number of aromatic nitrogens is 3. The minimum atomic E-state index is -1.18. The van der Waals surface area contributed by atoms with Gasteiger partial charge in [-0.1, -0.05) is 6.07 Å². The molecule has 0 aliphatic carbocycles. The van der Waals surface area contributed by atoms with Gasteiger partial charge in [0.15, 0.2) is 5.69 Å². The first-order chi connectivity index (χ1) is 14.6. The standard InChI is InChI=1S/C20H19N5O4S2/c1-20(2,3)29-19(28)25-14(18(26)27)7-16-24-15(10-30-16)12-5-4-6-13(23-12)17-22-11(8-21)9-31-17/h4-6,9-10,14H,7H2,1-3H3,(H,25,28)(H,26,27)/t14-/m0/s1. The number of thiazole rings is 2. The van der Waals surface area contributed by atoms with Crippen molar-refractivity contribution < 1.29 is 19.4 Å². The van der Waals surface area contributed by atoms with E-state index in [9.17, 15) is 14.7 Å². The van der Waals surface area contributed by atoms with Crippen molar-refractivity contribution in [1.82, 2.24) is 20.3 Å². The molecule has 160 valence electrons. The molecule has 0 aliphatic heterocycles. The molecule has 11 heteroatoms. The molecule has 0 aromatic carbocycles. The van der Waals surface area contributed by atoms with Crippen molar-refractivity contribution in [1.29, 1.82) is 5.26 Å². The fraction of sp³-hybridized carbons (Fsp3) is 0.300. The first-order valence-corrected chi connectivity index (χ1v) is 10.9. The number of carboxylic acid groups (broad SMARTS) is 1. The lowest BCUT2D eigenvalue weighted by atomic mass is 10.2. The third-order valence-electron chi connectivity index (χ3n) is 3.77. The van der Waals surface area contributed by atoms with E-state index in [1.54, 1.807) is 43.7 Å². The molecule has 3 heterocycles. The molecule has 0 radical (unpaired) electrons. The van der Waals surface area contributed by atoms with Crippen LogP contribution in [0.3, 0.4) is 0 Å². The van der Waals surface area contributed by atoms with E-state index in [-0.39, 0.29) is 6.42 Å². The molecule has 0 spiro atoms. The van der Waals surface area contributed by atoms with Crippen LogP contribution in [0.25, 0.3) is 22.1 Å². The van der Waals surface area contributed by atoms with Gasteiger partial charge in [-0.25, -0.2) is 24.5 Å². The van der Waals surface area contributed by atoms with Crippen LogP contribution in [-0.2, 0) is 16.0 Å². The van der Waals surface area contributed by atoms with Gasteiger partial charge in [0, 0.05) is 17.2 Å². The van der Waals surface area contributed by atoms with Crippen LogP contribution in [0.5, 0.6) is 0 Å². The number of amides is 1. The number of carbonyl (C=O) groups is 2. The monoisotopic (exact) mass is 457 g/mol. The number of hydrogen-bond acceptors (Lipinski definition) is 9. The number of pyridine rings is 1. The van der Waals surface area contributed by atoms with Gasteiger partial charge in [0.1, 0.15) is 22.7 Å². The molecule has 0 unspecified atom stereocenters. The summed E-state index contributed by atoms with van der Waals surface area (Å²) < 4.78 is 5.13. The van der Waals surface area contributed by atoms with Crippen LogP contribution >= 0.6 is 22.7 Å². The van der Waals surface area contributed by atoms with Gasteiger partial charge in [0.05, 0.1) is 22.1 Å². The Labute approximate surface area is 186 Å². The maximum atomic E-state index is 11.9. The first-order valence-electron chi connectivity index (χ1n) is 9.15. The predicted octanol–water partition coefficient (Wildman–Crippen LogP) is 3.72. The van der Waals surface area contributed by atoms with Crippen molar-refractivity contribution in [3.63, 3.8) is 0 Å². The molecule has 0 aliphatic rings. The van der Waals surface area contributed by atoms with Gasteiger partial charge >= 0.3 is 12.1 Å². The number of nitrogens with one attached hydrogen (secondary N) is 1. The summed E-state index contributed by atoms with van der Waals surface area (Å²) in [6.07, 6.45) is -0.789. The smallest absolute Gasteiger partial charge is 0.408 e. The largest absolute Gasteiger partial charge is 0.480 e. The number of ether oxygens (including phenoxy) is 1. The highest BCUT2D eigenvalue weighted by atomic mass is 32.1. The molecule has 1 atom stereocenters. The number of carbonyl (C=O) groups excluding carboxylic acids is 1. The second-order valence-electron chi connectivity index (χ2n) is 7.43. The topological polar surface area (TPSA) is 138 Å². The van der Waals surface area contributed by atoms with E-state index < -0.39 is 23.7 Å². The number of nitriles is 1. The fourth-order valence-corrected chi connectivity index (χ4v) is 4.04. The number of alkyl carbamates (subject to hydrolysis) is 1. The van der Waals surface area contributed by atoms with Crippen LogP contribution in [0.1, 0.15) is 31.5 Å². The average molecular weight is 458 g/mol. The highest BCUT2D eigenvalue weighted by molar-refractivity contribution is 7.13. The van der Waals surface area contributed by atoms with Gasteiger partial charge in [-0.3, -0.25) is 0 Å². The Kier molecular flexibility index (Phi) is 6.62. The van der Waals surface area contributed by atoms with Crippen LogP contribution in [0, 0.1) is 11.3 Å². The van der Waals surface area contributed by atoms with Crippen LogP contribution < -0.4 is 5.32 Å². The van der Waals surface area contributed by atoms with E-state index in [0.29, 0.717) is 32.8 Å². The van der Waals surface area contributed by atoms with Gasteiger partial charge in [-0.2, -0.15) is 5.26 Å². The molecule has 9 nitrogen and oxygen atoms in total. The van der Waals surface area contributed by atoms with Gasteiger partial charge < -0.3 is 15.2 Å². The molecular formula is C20H19N5O4S2. The molecule has 1 amide bonds. The lowest BCUT2D eigenvalue weighted by Crippen LogP contribution is -2.44. The average Bonchev–Trinajstić information content (AvgIpc) is 3.35. The quantitative estimate of drug-likeness (QED) is 0.571. The number of carboxylic acids is 1. The molecule has 3 aromatic rings. The number of nitrogens with zero attached hydrogens (tertiary/aromatic N) is 4. The zero-order chi connectivity index (χ0) is 22.6. The van der Waals surface area contributed by atoms with Crippen molar-refractivity contribution in [3.05, 3.63) is 39.7 Å². The predicted molar refractivity (Wildman–Crippen MR) is 116 cm³/mol. The van der Waals surface area contributed by atoms with Crippen molar-refractivity contribution in [3.8, 4) is 28.2 Å². The lowest BCUT2D eigenvalue weighted by Gasteiger charge is -2.21. The van der Waals surface area contributed by atoms with Crippen molar-refractivity contribution >= 4 is 34.7 Å². The van der Waals surface area contributed by atoms with Crippen molar-refractivity contribution in [2.24, 2.45) is 0 Å². The van der Waals surface area contributed by atoms with E-state index >= 15 is 0 Å². The Hall–Kier alpha value is -3.36. The molecule has 3 aromatic heterocycles. The Balaban J connectivity index is 1.74. The van der Waals surface area contributed by atoms with Gasteiger partial charge in [-0.15, -0.1) is 22.7 Å². The van der Waals surface area contributed by atoms with E-state index in [2.05, 4.69) is 20.3 Å². The summed E-state index contributed by atoms with van der Waals surface area (Å²) >= 11 is 2.60. The van der Waals surface area contributed by atoms with Gasteiger partial charge in [0.25, 0.3) is 0 Å². The highest BCUT2D eigenvalue weighted by Gasteiger charge is 2.25. The Morgan fingerprint density at radius 1 is 1.16 bits per heavy atom.